The molecule has 4 rings (SSSR count). The third-order valence-corrected chi connectivity index (χ3v) is 5.25. The van der Waals surface area contributed by atoms with Gasteiger partial charge in [0.1, 0.15) is 0 Å². The van der Waals surface area contributed by atoms with Gasteiger partial charge >= 0.3 is 0 Å². The van der Waals surface area contributed by atoms with Gasteiger partial charge in [-0.25, -0.2) is 0 Å². The second-order valence-corrected chi connectivity index (χ2v) is 8.98. The molecule has 29 heavy (non-hydrogen) atoms. The molecule has 2 aromatic heterocycles. The number of aromatic nitrogens is 3. The van der Waals surface area contributed by atoms with Crippen molar-refractivity contribution in [3.8, 4) is 11.1 Å². The second-order valence-electron chi connectivity index (χ2n) is 8.98. The van der Waals surface area contributed by atoms with Gasteiger partial charge in [0.25, 0.3) is 0 Å². The molecule has 1 amide bonds. The lowest BCUT2D eigenvalue weighted by atomic mass is 9.80. The predicted molar refractivity (Wildman–Crippen MR) is 113 cm³/mol. The van der Waals surface area contributed by atoms with Crippen LogP contribution in [0.2, 0.25) is 0 Å². The Morgan fingerprint density at radius 3 is 2.55 bits per heavy atom. The van der Waals surface area contributed by atoms with Gasteiger partial charge in [-0.05, 0) is 70.4 Å². The van der Waals surface area contributed by atoms with Gasteiger partial charge < -0.3 is 10.1 Å². The Morgan fingerprint density at radius 2 is 1.79 bits per heavy atom. The molecule has 1 saturated heterocycles. The number of rotatable bonds is 3. The number of fused-ring (bicyclic) bond motifs is 1. The number of hydrogen-bond donors (Lipinski definition) is 1. The average Bonchev–Trinajstić information content (AvgIpc) is 2.65. The van der Waals surface area contributed by atoms with Gasteiger partial charge in [0.05, 0.1) is 34.8 Å². The number of pyridine rings is 1. The van der Waals surface area contributed by atoms with Crippen LogP contribution < -0.4 is 5.32 Å². The fraction of sp³-hybridized carbons (Fsp3) is 0.391. The molecule has 1 fully saturated rings. The van der Waals surface area contributed by atoms with E-state index in [0.29, 0.717) is 18.5 Å². The fourth-order valence-corrected chi connectivity index (χ4v) is 4.35. The van der Waals surface area contributed by atoms with Crippen LogP contribution in [0.1, 0.15) is 40.5 Å². The van der Waals surface area contributed by atoms with Crippen LogP contribution in [0.5, 0.6) is 0 Å². The third kappa shape index (κ3) is 4.43. The number of carbonyl (C=O) groups is 1. The van der Waals surface area contributed by atoms with Crippen LogP contribution in [0.25, 0.3) is 22.0 Å². The average molecular weight is 390 g/mol. The summed E-state index contributed by atoms with van der Waals surface area (Å²) in [5, 5.41) is 12.1. The maximum Gasteiger partial charge on any atom is 0.227 e. The molecule has 0 saturated carbocycles. The lowest BCUT2D eigenvalue weighted by Gasteiger charge is -2.44. The summed E-state index contributed by atoms with van der Waals surface area (Å²) in [5.74, 6) is -0.0844. The van der Waals surface area contributed by atoms with Gasteiger partial charge in [-0.15, -0.1) is 0 Å². The molecule has 1 aliphatic heterocycles. The highest BCUT2D eigenvalue weighted by Gasteiger charge is 2.42. The summed E-state index contributed by atoms with van der Waals surface area (Å²) < 4.78 is 6.10. The van der Waals surface area contributed by atoms with Gasteiger partial charge in [0.15, 0.2) is 0 Å². The Kier molecular flexibility index (Phi) is 4.82. The number of amides is 1. The summed E-state index contributed by atoms with van der Waals surface area (Å²) in [7, 11) is 0. The van der Waals surface area contributed by atoms with Gasteiger partial charge in [0.2, 0.25) is 5.91 Å². The van der Waals surface area contributed by atoms with E-state index in [1.807, 2.05) is 52.0 Å². The van der Waals surface area contributed by atoms with E-state index in [0.717, 1.165) is 22.0 Å². The van der Waals surface area contributed by atoms with Crippen molar-refractivity contribution in [2.75, 3.05) is 5.32 Å². The number of carbonyl (C=O) groups excluding carboxylic acids is 1. The number of hydrogen-bond acceptors (Lipinski definition) is 5. The molecule has 3 aromatic rings. The van der Waals surface area contributed by atoms with E-state index in [4.69, 9.17) is 4.74 Å². The zero-order valence-corrected chi connectivity index (χ0v) is 17.3. The van der Waals surface area contributed by atoms with Gasteiger partial charge in [-0.3, -0.25) is 9.78 Å². The standard InChI is InChI=1S/C23H26N4O2/c1-22(2)11-18(12-23(3,4)29-22)21(28)26-19-10-17(13-24-14-19)15-5-6-20-16(9-15)7-8-25-27-20/h5-10,13-14,18H,11-12H2,1-4H3,(H,26,28). The Hall–Kier alpha value is -2.86. The summed E-state index contributed by atoms with van der Waals surface area (Å²) in [4.78, 5) is 17.3. The van der Waals surface area contributed by atoms with Crippen LogP contribution in [0.15, 0.2) is 48.9 Å². The van der Waals surface area contributed by atoms with Crippen LogP contribution in [-0.4, -0.2) is 32.3 Å². The van der Waals surface area contributed by atoms with Crippen LogP contribution in [0.3, 0.4) is 0 Å². The van der Waals surface area contributed by atoms with Gasteiger partial charge in [-0.1, -0.05) is 6.07 Å². The van der Waals surface area contributed by atoms with E-state index in [-0.39, 0.29) is 23.0 Å². The van der Waals surface area contributed by atoms with E-state index in [2.05, 4.69) is 26.6 Å². The Bertz CT molecular complexity index is 1050. The van der Waals surface area contributed by atoms with E-state index < -0.39 is 0 Å². The Labute approximate surface area is 170 Å². The normalized spacial score (nSPS) is 18.5. The van der Waals surface area contributed by atoms with Crippen LogP contribution in [0.4, 0.5) is 5.69 Å². The van der Waals surface area contributed by atoms with Crippen molar-refractivity contribution in [1.29, 1.82) is 0 Å². The predicted octanol–water partition coefficient (Wildman–Crippen LogP) is 4.61. The molecule has 6 heteroatoms. The Morgan fingerprint density at radius 1 is 1.03 bits per heavy atom. The van der Waals surface area contributed by atoms with Crippen molar-refractivity contribution in [2.24, 2.45) is 5.92 Å². The molecule has 3 heterocycles. The number of benzene rings is 1. The van der Waals surface area contributed by atoms with Crippen molar-refractivity contribution in [1.82, 2.24) is 15.2 Å². The minimum atomic E-state index is -0.322. The number of anilines is 1. The van der Waals surface area contributed by atoms with Crippen molar-refractivity contribution in [3.63, 3.8) is 0 Å². The molecule has 6 nitrogen and oxygen atoms in total. The molecule has 0 spiro atoms. The summed E-state index contributed by atoms with van der Waals surface area (Å²) in [6.45, 7) is 8.17. The maximum atomic E-state index is 13.0. The number of ether oxygens (including phenoxy) is 1. The molecular weight excluding hydrogens is 364 g/mol. The monoisotopic (exact) mass is 390 g/mol. The summed E-state index contributed by atoms with van der Waals surface area (Å²) in [5.41, 5.74) is 2.85. The molecule has 0 bridgehead atoms. The quantitative estimate of drug-likeness (QED) is 0.706. The van der Waals surface area contributed by atoms with Crippen LogP contribution >= 0.6 is 0 Å². The van der Waals surface area contributed by atoms with Crippen LogP contribution in [0, 0.1) is 5.92 Å². The summed E-state index contributed by atoms with van der Waals surface area (Å²) in [6, 6.07) is 9.87. The highest BCUT2D eigenvalue weighted by molar-refractivity contribution is 5.93. The minimum absolute atomic E-state index is 0.0159. The fourth-order valence-electron chi connectivity index (χ4n) is 4.35. The molecule has 1 aliphatic rings. The summed E-state index contributed by atoms with van der Waals surface area (Å²) >= 11 is 0. The van der Waals surface area contributed by atoms with E-state index in [1.54, 1.807) is 18.6 Å². The molecule has 0 atom stereocenters. The first-order valence-corrected chi connectivity index (χ1v) is 9.89. The second kappa shape index (κ2) is 7.19. The molecule has 0 aliphatic carbocycles. The van der Waals surface area contributed by atoms with E-state index in [9.17, 15) is 4.79 Å². The summed E-state index contributed by atoms with van der Waals surface area (Å²) in [6.07, 6.45) is 6.55. The van der Waals surface area contributed by atoms with Gasteiger partial charge in [-0.2, -0.15) is 10.2 Å². The number of nitrogens with zero attached hydrogens (tertiary/aromatic N) is 3. The molecule has 1 aromatic carbocycles. The van der Waals surface area contributed by atoms with E-state index in [1.165, 1.54) is 0 Å². The zero-order chi connectivity index (χ0) is 20.6. The van der Waals surface area contributed by atoms with Crippen molar-refractivity contribution < 1.29 is 9.53 Å². The van der Waals surface area contributed by atoms with Gasteiger partial charge in [0, 0.05) is 23.1 Å². The molecule has 0 radical (unpaired) electrons. The van der Waals surface area contributed by atoms with Crippen LogP contribution in [-0.2, 0) is 9.53 Å². The topological polar surface area (TPSA) is 77.0 Å². The first kappa shape index (κ1) is 19.5. The van der Waals surface area contributed by atoms with Crippen molar-refractivity contribution in [2.45, 2.75) is 51.7 Å². The molecule has 1 N–H and O–H groups in total. The van der Waals surface area contributed by atoms with E-state index >= 15 is 0 Å². The SMILES string of the molecule is CC1(C)CC(C(=O)Nc2cncc(-c3ccc4nnccc4c3)c2)CC(C)(C)O1. The molecule has 0 unspecified atom stereocenters. The lowest BCUT2D eigenvalue weighted by molar-refractivity contribution is -0.176. The smallest absolute Gasteiger partial charge is 0.227 e. The minimum Gasteiger partial charge on any atom is -0.370 e. The largest absolute Gasteiger partial charge is 0.370 e. The first-order chi connectivity index (χ1) is 13.7. The highest BCUT2D eigenvalue weighted by Crippen LogP contribution is 2.39. The molecular formula is C23H26N4O2. The third-order valence-electron chi connectivity index (χ3n) is 5.25. The maximum absolute atomic E-state index is 13.0. The van der Waals surface area contributed by atoms with Crippen molar-refractivity contribution in [3.05, 3.63) is 48.9 Å². The lowest BCUT2D eigenvalue weighted by Crippen LogP contribution is -2.48. The number of nitrogens with one attached hydrogen (secondary N) is 1. The van der Waals surface area contributed by atoms with Crippen molar-refractivity contribution >= 4 is 22.5 Å². The Balaban J connectivity index is 1.55. The zero-order valence-electron chi connectivity index (χ0n) is 17.3. The molecule has 150 valence electrons. The first-order valence-electron chi connectivity index (χ1n) is 9.89. The highest BCUT2D eigenvalue weighted by atomic mass is 16.5.